The van der Waals surface area contributed by atoms with Crippen LogP contribution in [0.5, 0.6) is 5.75 Å². The fourth-order valence-corrected chi connectivity index (χ4v) is 4.23. The fraction of sp³-hybridized carbons (Fsp3) is 0.524. The van der Waals surface area contributed by atoms with Gasteiger partial charge in [0.05, 0.1) is 11.0 Å². The van der Waals surface area contributed by atoms with Crippen LogP contribution < -0.4 is 15.4 Å². The van der Waals surface area contributed by atoms with Crippen LogP contribution in [-0.4, -0.2) is 30.1 Å². The van der Waals surface area contributed by atoms with Crippen LogP contribution in [0.2, 0.25) is 0 Å². The summed E-state index contributed by atoms with van der Waals surface area (Å²) in [5.74, 6) is 1.80. The Hall–Kier alpha value is -1.35. The smallest absolute Gasteiger partial charge is 0.191 e. The van der Waals surface area contributed by atoms with E-state index in [1.807, 2.05) is 26.1 Å². The quantitative estimate of drug-likeness (QED) is 0.250. The zero-order valence-corrected chi connectivity index (χ0v) is 20.3. The maximum Gasteiger partial charge on any atom is 0.191 e. The maximum absolute atomic E-state index is 6.12. The van der Waals surface area contributed by atoms with E-state index in [4.69, 9.17) is 4.74 Å². The van der Waals surface area contributed by atoms with Crippen LogP contribution in [0.25, 0.3) is 0 Å². The first-order valence-electron chi connectivity index (χ1n) is 9.63. The lowest BCUT2D eigenvalue weighted by atomic mass is 9.90. The number of hydrogen-bond acceptors (Lipinski definition) is 4. The number of aryl methyl sites for hydroxylation is 2. The van der Waals surface area contributed by atoms with Crippen LogP contribution in [0.4, 0.5) is 0 Å². The monoisotopic (exact) mass is 514 g/mol. The molecule has 1 aromatic heterocycles. The van der Waals surface area contributed by atoms with Crippen molar-refractivity contribution in [1.29, 1.82) is 0 Å². The molecule has 1 atom stereocenters. The Kier molecular flexibility index (Phi) is 8.55. The lowest BCUT2D eigenvalue weighted by molar-refractivity contribution is 0.0694. The molecule has 5 nitrogen and oxygen atoms in total. The minimum absolute atomic E-state index is 0. The van der Waals surface area contributed by atoms with Crippen LogP contribution in [0.1, 0.15) is 55.4 Å². The van der Waals surface area contributed by atoms with Crippen LogP contribution in [-0.2, 0) is 6.42 Å². The molecule has 2 aromatic rings. The Morgan fingerprint density at radius 1 is 1.32 bits per heavy atom. The molecule has 1 aliphatic rings. The van der Waals surface area contributed by atoms with Crippen molar-refractivity contribution in [3.63, 3.8) is 0 Å². The molecule has 2 N–H and O–H groups in total. The average molecular weight is 514 g/mol. The van der Waals surface area contributed by atoms with Gasteiger partial charge in [-0.15, -0.1) is 35.3 Å². The molecular formula is C21H31IN4OS. The van der Waals surface area contributed by atoms with Crippen molar-refractivity contribution in [3.8, 4) is 5.75 Å². The number of para-hydroxylation sites is 1. The first-order chi connectivity index (χ1) is 13.0. The summed E-state index contributed by atoms with van der Waals surface area (Å²) in [5, 5.41) is 10.4. The molecule has 0 fully saturated rings. The molecule has 0 spiro atoms. The van der Waals surface area contributed by atoms with Crippen LogP contribution in [0.3, 0.4) is 0 Å². The molecule has 0 saturated carbocycles. The van der Waals surface area contributed by atoms with Gasteiger partial charge in [0.15, 0.2) is 5.96 Å². The topological polar surface area (TPSA) is 58.5 Å². The third kappa shape index (κ3) is 6.34. The minimum atomic E-state index is -0.198. The van der Waals surface area contributed by atoms with Crippen LogP contribution in [0.15, 0.2) is 34.6 Å². The molecule has 0 radical (unpaired) electrons. The highest BCUT2D eigenvalue weighted by molar-refractivity contribution is 14.0. The fourth-order valence-electron chi connectivity index (χ4n) is 3.42. The molecule has 7 heteroatoms. The molecule has 0 saturated heterocycles. The molecule has 154 valence electrons. The normalized spacial score (nSPS) is 17.9. The number of halogens is 1. The van der Waals surface area contributed by atoms with E-state index in [0.29, 0.717) is 0 Å². The summed E-state index contributed by atoms with van der Waals surface area (Å²) in [5.41, 5.74) is 2.12. The summed E-state index contributed by atoms with van der Waals surface area (Å²) in [4.78, 5) is 8.93. The number of aliphatic imine (C=N–C) groups is 1. The molecule has 1 aromatic carbocycles. The van der Waals surface area contributed by atoms with E-state index in [1.54, 1.807) is 11.3 Å². The van der Waals surface area contributed by atoms with Gasteiger partial charge in [0.2, 0.25) is 0 Å². The Morgan fingerprint density at radius 2 is 2.11 bits per heavy atom. The van der Waals surface area contributed by atoms with Crippen molar-refractivity contribution >= 4 is 41.3 Å². The van der Waals surface area contributed by atoms with Gasteiger partial charge in [-0.25, -0.2) is 4.98 Å². The Bertz CT molecular complexity index is 790. The highest BCUT2D eigenvalue weighted by atomic mass is 127. The van der Waals surface area contributed by atoms with Crippen molar-refractivity contribution in [2.45, 2.75) is 58.1 Å². The molecule has 0 aliphatic carbocycles. The lowest BCUT2D eigenvalue weighted by Gasteiger charge is -2.38. The number of nitrogens with one attached hydrogen (secondary N) is 2. The van der Waals surface area contributed by atoms with E-state index >= 15 is 0 Å². The maximum atomic E-state index is 6.12. The van der Waals surface area contributed by atoms with Crippen molar-refractivity contribution in [2.75, 3.05) is 13.6 Å². The largest absolute Gasteiger partial charge is 0.487 e. The van der Waals surface area contributed by atoms with E-state index < -0.39 is 0 Å². The third-order valence-corrected chi connectivity index (χ3v) is 5.71. The molecule has 2 heterocycles. The summed E-state index contributed by atoms with van der Waals surface area (Å²) in [6.45, 7) is 7.22. The number of guanidine groups is 1. The van der Waals surface area contributed by atoms with Gasteiger partial charge in [-0.05, 0) is 46.1 Å². The number of ether oxygens (including phenoxy) is 1. The van der Waals surface area contributed by atoms with E-state index in [1.165, 1.54) is 10.6 Å². The first kappa shape index (κ1) is 22.9. The Labute approximate surface area is 189 Å². The predicted molar refractivity (Wildman–Crippen MR) is 128 cm³/mol. The predicted octanol–water partition coefficient (Wildman–Crippen LogP) is 4.86. The van der Waals surface area contributed by atoms with Gasteiger partial charge in [0.1, 0.15) is 11.4 Å². The van der Waals surface area contributed by atoms with Crippen LogP contribution >= 0.6 is 35.3 Å². The average Bonchev–Trinajstić information content (AvgIpc) is 3.04. The van der Waals surface area contributed by atoms with Crippen molar-refractivity contribution in [2.24, 2.45) is 4.99 Å². The van der Waals surface area contributed by atoms with E-state index in [2.05, 4.69) is 52.0 Å². The number of nitrogens with zero attached hydrogens (tertiary/aromatic N) is 2. The van der Waals surface area contributed by atoms with Gasteiger partial charge in [0.25, 0.3) is 0 Å². The highest BCUT2D eigenvalue weighted by Crippen LogP contribution is 2.39. The number of rotatable bonds is 6. The van der Waals surface area contributed by atoms with Crippen molar-refractivity contribution in [1.82, 2.24) is 15.6 Å². The molecule has 0 bridgehead atoms. The second-order valence-electron chi connectivity index (χ2n) is 7.64. The molecule has 0 amide bonds. The highest BCUT2D eigenvalue weighted by Gasteiger charge is 2.33. The molecular weight excluding hydrogens is 483 g/mol. The number of unbranched alkanes of at least 4 members (excludes halogenated alkanes) is 1. The summed E-state index contributed by atoms with van der Waals surface area (Å²) in [6, 6.07) is 8.45. The standard InChI is InChI=1S/C21H30N4OS.HI/c1-15-14-27-19(24-15)11-7-8-12-23-20(22-4)25-17-13-21(2,3)26-18-10-6-5-9-16(17)18;/h5-6,9-10,14,17H,7-8,11-13H2,1-4H3,(H2,22,23,25);1H. The van der Waals surface area contributed by atoms with Gasteiger partial charge in [-0.2, -0.15) is 0 Å². The summed E-state index contributed by atoms with van der Waals surface area (Å²) >= 11 is 1.76. The zero-order valence-electron chi connectivity index (χ0n) is 17.1. The van der Waals surface area contributed by atoms with Gasteiger partial charge in [-0.3, -0.25) is 4.99 Å². The van der Waals surface area contributed by atoms with Gasteiger partial charge < -0.3 is 15.4 Å². The first-order valence-corrected chi connectivity index (χ1v) is 10.5. The summed E-state index contributed by atoms with van der Waals surface area (Å²) in [7, 11) is 1.82. The molecule has 28 heavy (non-hydrogen) atoms. The number of thiazole rings is 1. The number of fused-ring (bicyclic) bond motifs is 1. The van der Waals surface area contributed by atoms with Crippen molar-refractivity contribution < 1.29 is 4.74 Å². The number of hydrogen-bond donors (Lipinski definition) is 2. The zero-order chi connectivity index (χ0) is 19.3. The van der Waals surface area contributed by atoms with E-state index in [-0.39, 0.29) is 35.6 Å². The van der Waals surface area contributed by atoms with Gasteiger partial charge >= 0.3 is 0 Å². The number of benzene rings is 1. The molecule has 3 rings (SSSR count). The second-order valence-corrected chi connectivity index (χ2v) is 8.58. The minimum Gasteiger partial charge on any atom is -0.487 e. The van der Waals surface area contributed by atoms with Crippen molar-refractivity contribution in [3.05, 3.63) is 45.9 Å². The lowest BCUT2D eigenvalue weighted by Crippen LogP contribution is -2.45. The summed E-state index contributed by atoms with van der Waals surface area (Å²) in [6.07, 6.45) is 4.17. The van der Waals surface area contributed by atoms with Gasteiger partial charge in [0, 0.05) is 36.7 Å². The Morgan fingerprint density at radius 3 is 2.82 bits per heavy atom. The second kappa shape index (κ2) is 10.4. The van der Waals surface area contributed by atoms with Crippen LogP contribution in [0, 0.1) is 6.92 Å². The number of aromatic nitrogens is 1. The SMILES string of the molecule is CN=C(NCCCCc1nc(C)cs1)NC1CC(C)(C)Oc2ccccc21.I. The summed E-state index contributed by atoms with van der Waals surface area (Å²) < 4.78 is 6.12. The van der Waals surface area contributed by atoms with Gasteiger partial charge in [-0.1, -0.05) is 18.2 Å². The molecule has 1 unspecified atom stereocenters. The molecule has 1 aliphatic heterocycles. The van der Waals surface area contributed by atoms with E-state index in [9.17, 15) is 0 Å². The Balaban J connectivity index is 0.00000280. The van der Waals surface area contributed by atoms with E-state index in [0.717, 1.165) is 49.6 Å². The third-order valence-electron chi connectivity index (χ3n) is 4.69.